The molecule has 0 aliphatic carbocycles. The lowest BCUT2D eigenvalue weighted by Crippen LogP contribution is -2.30. The van der Waals surface area contributed by atoms with Gasteiger partial charge in [-0.3, -0.25) is 4.79 Å². The fourth-order valence-corrected chi connectivity index (χ4v) is 3.37. The first kappa shape index (κ1) is 16.3. The van der Waals surface area contributed by atoms with Gasteiger partial charge in [0.2, 0.25) is 0 Å². The molecule has 7 heteroatoms. The van der Waals surface area contributed by atoms with Gasteiger partial charge in [0.25, 0.3) is 5.91 Å². The number of amides is 1. The molecular formula is C19H20N6O. The minimum Gasteiger partial charge on any atom is -0.373 e. The zero-order valence-electron chi connectivity index (χ0n) is 14.5. The zero-order chi connectivity index (χ0) is 17.9. The summed E-state index contributed by atoms with van der Waals surface area (Å²) in [6.07, 6.45) is 8.87. The van der Waals surface area contributed by atoms with Crippen molar-refractivity contribution in [2.24, 2.45) is 0 Å². The Morgan fingerprint density at radius 2 is 2.15 bits per heavy atom. The molecule has 7 nitrogen and oxygen atoms in total. The van der Waals surface area contributed by atoms with Crippen LogP contribution >= 0.6 is 0 Å². The van der Waals surface area contributed by atoms with Crippen LogP contribution in [0.1, 0.15) is 34.8 Å². The smallest absolute Gasteiger partial charge is 0.255 e. The van der Waals surface area contributed by atoms with Gasteiger partial charge in [-0.25, -0.2) is 14.6 Å². The lowest BCUT2D eigenvalue weighted by molar-refractivity contribution is 0.0735. The molecular weight excluding hydrogens is 328 g/mol. The predicted molar refractivity (Wildman–Crippen MR) is 98.2 cm³/mol. The van der Waals surface area contributed by atoms with E-state index < -0.39 is 0 Å². The van der Waals surface area contributed by atoms with E-state index in [1.54, 1.807) is 23.3 Å². The first-order valence-corrected chi connectivity index (χ1v) is 8.67. The van der Waals surface area contributed by atoms with E-state index in [0.29, 0.717) is 11.4 Å². The van der Waals surface area contributed by atoms with Crippen molar-refractivity contribution < 1.29 is 4.79 Å². The fraction of sp³-hybridized carbons (Fsp3) is 0.263. The van der Waals surface area contributed by atoms with Gasteiger partial charge in [-0.15, -0.1) is 0 Å². The number of aromatic nitrogens is 4. The Balaban J connectivity index is 1.56. The van der Waals surface area contributed by atoms with Gasteiger partial charge in [0.1, 0.15) is 5.82 Å². The van der Waals surface area contributed by atoms with Crippen molar-refractivity contribution in [2.45, 2.75) is 18.9 Å². The minimum atomic E-state index is 0.00911. The van der Waals surface area contributed by atoms with Crippen molar-refractivity contribution >= 4 is 11.7 Å². The number of carbonyl (C=O) groups excluding carboxylic acids is 1. The third-order valence-corrected chi connectivity index (χ3v) is 4.67. The largest absolute Gasteiger partial charge is 0.373 e. The van der Waals surface area contributed by atoms with Gasteiger partial charge in [-0.05, 0) is 48.7 Å². The molecule has 1 N–H and O–H groups in total. The second kappa shape index (κ2) is 6.95. The molecule has 132 valence electrons. The van der Waals surface area contributed by atoms with Crippen LogP contribution < -0.4 is 5.32 Å². The highest BCUT2D eigenvalue weighted by atomic mass is 16.2. The van der Waals surface area contributed by atoms with Gasteiger partial charge >= 0.3 is 0 Å². The van der Waals surface area contributed by atoms with E-state index in [1.165, 1.54) is 0 Å². The maximum atomic E-state index is 13.0. The number of nitrogens with one attached hydrogen (secondary N) is 1. The number of hydrogen-bond donors (Lipinski definition) is 1. The van der Waals surface area contributed by atoms with Gasteiger partial charge in [0.05, 0.1) is 11.6 Å². The minimum absolute atomic E-state index is 0.00911. The molecule has 1 atom stereocenters. The maximum absolute atomic E-state index is 13.0. The lowest BCUT2D eigenvalue weighted by Gasteiger charge is -2.25. The molecule has 1 fully saturated rings. The molecule has 0 spiro atoms. The zero-order valence-corrected chi connectivity index (χ0v) is 14.5. The number of anilines is 1. The highest BCUT2D eigenvalue weighted by Crippen LogP contribution is 2.33. The van der Waals surface area contributed by atoms with Crippen molar-refractivity contribution in [3.63, 3.8) is 0 Å². The van der Waals surface area contributed by atoms with E-state index in [0.717, 1.165) is 30.8 Å². The van der Waals surface area contributed by atoms with E-state index in [9.17, 15) is 4.79 Å². The molecule has 1 aliphatic heterocycles. The molecule has 4 rings (SSSR count). The van der Waals surface area contributed by atoms with Crippen LogP contribution in [0.4, 0.5) is 5.82 Å². The van der Waals surface area contributed by atoms with Crippen LogP contribution in [-0.4, -0.2) is 44.1 Å². The monoisotopic (exact) mass is 348 g/mol. The Labute approximate surface area is 151 Å². The quantitative estimate of drug-likeness (QED) is 0.784. The first-order chi connectivity index (χ1) is 12.8. The van der Waals surface area contributed by atoms with Crippen molar-refractivity contribution in [3.05, 3.63) is 66.2 Å². The number of hydrogen-bond acceptors (Lipinski definition) is 5. The van der Waals surface area contributed by atoms with Gasteiger partial charge in [0.15, 0.2) is 5.82 Å². The van der Waals surface area contributed by atoms with Crippen molar-refractivity contribution in [1.82, 2.24) is 24.6 Å². The van der Waals surface area contributed by atoms with E-state index in [4.69, 9.17) is 0 Å². The second-order valence-corrected chi connectivity index (χ2v) is 6.24. The molecule has 4 heterocycles. The van der Waals surface area contributed by atoms with Gasteiger partial charge in [-0.2, -0.15) is 5.10 Å². The normalized spacial score (nSPS) is 16.7. The second-order valence-electron chi connectivity index (χ2n) is 6.24. The van der Waals surface area contributed by atoms with Gasteiger partial charge in [0, 0.05) is 38.4 Å². The Morgan fingerprint density at radius 3 is 2.88 bits per heavy atom. The summed E-state index contributed by atoms with van der Waals surface area (Å²) in [4.78, 5) is 23.6. The number of likely N-dealkylation sites (tertiary alicyclic amines) is 1. The van der Waals surface area contributed by atoms with Crippen LogP contribution in [0.15, 0.2) is 55.1 Å². The molecule has 1 aliphatic rings. The van der Waals surface area contributed by atoms with Crippen LogP contribution in [-0.2, 0) is 0 Å². The molecule has 0 saturated carbocycles. The predicted octanol–water partition coefficient (Wildman–Crippen LogP) is 2.68. The highest BCUT2D eigenvalue weighted by Gasteiger charge is 2.31. The average Bonchev–Trinajstić information content (AvgIpc) is 3.39. The van der Waals surface area contributed by atoms with E-state index in [2.05, 4.69) is 20.4 Å². The summed E-state index contributed by atoms with van der Waals surface area (Å²) >= 11 is 0. The Bertz CT molecular complexity index is 891. The van der Waals surface area contributed by atoms with Crippen LogP contribution in [0.2, 0.25) is 0 Å². The first-order valence-electron chi connectivity index (χ1n) is 8.67. The number of carbonyl (C=O) groups is 1. The Kier molecular flexibility index (Phi) is 4.35. The van der Waals surface area contributed by atoms with Crippen molar-refractivity contribution in [1.29, 1.82) is 0 Å². The van der Waals surface area contributed by atoms with E-state index in [1.807, 2.05) is 48.5 Å². The summed E-state index contributed by atoms with van der Waals surface area (Å²) in [7, 11) is 1.84. The molecule has 3 aromatic rings. The van der Waals surface area contributed by atoms with E-state index in [-0.39, 0.29) is 11.9 Å². The van der Waals surface area contributed by atoms with Crippen LogP contribution in [0.5, 0.6) is 0 Å². The summed E-state index contributed by atoms with van der Waals surface area (Å²) in [6.45, 7) is 0.752. The molecule has 0 bridgehead atoms. The summed E-state index contributed by atoms with van der Waals surface area (Å²) < 4.78 is 1.67. The Morgan fingerprint density at radius 1 is 1.23 bits per heavy atom. The molecule has 0 unspecified atom stereocenters. The molecule has 26 heavy (non-hydrogen) atoms. The Hall–Kier alpha value is -3.22. The van der Waals surface area contributed by atoms with Crippen molar-refractivity contribution in [3.8, 4) is 5.82 Å². The third kappa shape index (κ3) is 3.03. The number of nitrogens with zero attached hydrogens (tertiary/aromatic N) is 5. The number of pyridine rings is 2. The van der Waals surface area contributed by atoms with Gasteiger partial charge in [-0.1, -0.05) is 0 Å². The third-order valence-electron chi connectivity index (χ3n) is 4.67. The van der Waals surface area contributed by atoms with Crippen LogP contribution in [0.25, 0.3) is 5.82 Å². The SMILES string of the molecule is CNc1cc([C@H]2CCCN2C(=O)c2ccc(-n3cccn3)nc2)ccn1. The molecule has 3 aromatic heterocycles. The standard InChI is InChI=1S/C19H20N6O/c1-20-17-12-14(7-9-21-17)16-4-2-10-24(16)19(26)15-5-6-18(22-13-15)25-11-3-8-23-25/h3,5-9,11-13,16H,2,4,10H2,1H3,(H,20,21)/t16-/m1/s1. The average molecular weight is 348 g/mol. The van der Waals surface area contributed by atoms with Crippen LogP contribution in [0.3, 0.4) is 0 Å². The van der Waals surface area contributed by atoms with Crippen molar-refractivity contribution in [2.75, 3.05) is 18.9 Å². The topological polar surface area (TPSA) is 75.9 Å². The van der Waals surface area contributed by atoms with Gasteiger partial charge < -0.3 is 10.2 Å². The summed E-state index contributed by atoms with van der Waals surface area (Å²) in [5.74, 6) is 1.51. The molecule has 1 amide bonds. The maximum Gasteiger partial charge on any atom is 0.255 e. The molecule has 0 radical (unpaired) electrons. The highest BCUT2D eigenvalue weighted by molar-refractivity contribution is 5.94. The summed E-state index contributed by atoms with van der Waals surface area (Å²) in [6, 6.07) is 9.53. The number of rotatable bonds is 4. The molecule has 1 saturated heterocycles. The fourth-order valence-electron chi connectivity index (χ4n) is 3.37. The summed E-state index contributed by atoms with van der Waals surface area (Å²) in [5, 5.41) is 7.21. The lowest BCUT2D eigenvalue weighted by atomic mass is 10.1. The van der Waals surface area contributed by atoms with Crippen LogP contribution in [0, 0.1) is 0 Å². The summed E-state index contributed by atoms with van der Waals surface area (Å²) in [5.41, 5.74) is 1.70. The van der Waals surface area contributed by atoms with E-state index >= 15 is 0 Å². The molecule has 0 aromatic carbocycles.